The average molecular weight is 253 g/mol. The van der Waals surface area contributed by atoms with Crippen molar-refractivity contribution in [1.29, 1.82) is 0 Å². The summed E-state index contributed by atoms with van der Waals surface area (Å²) in [4.78, 5) is 11.8. The molecule has 0 aromatic carbocycles. The maximum atomic E-state index is 11.8. The van der Waals surface area contributed by atoms with Crippen molar-refractivity contribution in [2.75, 3.05) is 6.54 Å². The third-order valence-electron chi connectivity index (χ3n) is 4.39. The second kappa shape index (κ2) is 6.41. The van der Waals surface area contributed by atoms with Crippen LogP contribution in [0.1, 0.15) is 64.2 Å². The van der Waals surface area contributed by atoms with Crippen LogP contribution in [0.25, 0.3) is 0 Å². The lowest BCUT2D eigenvalue weighted by molar-refractivity contribution is 0.223. The number of hydrogen-bond donors (Lipinski definition) is 3. The Morgan fingerprint density at radius 3 is 2.33 bits per heavy atom. The Morgan fingerprint density at radius 2 is 1.67 bits per heavy atom. The van der Waals surface area contributed by atoms with Gasteiger partial charge in [-0.3, -0.25) is 0 Å². The third-order valence-corrected chi connectivity index (χ3v) is 4.39. The van der Waals surface area contributed by atoms with E-state index in [-0.39, 0.29) is 11.6 Å². The van der Waals surface area contributed by atoms with Gasteiger partial charge < -0.3 is 16.4 Å². The van der Waals surface area contributed by atoms with Crippen LogP contribution in [0, 0.1) is 0 Å². The van der Waals surface area contributed by atoms with Crippen molar-refractivity contribution < 1.29 is 4.79 Å². The molecule has 0 aromatic heterocycles. The van der Waals surface area contributed by atoms with E-state index >= 15 is 0 Å². The van der Waals surface area contributed by atoms with Gasteiger partial charge in [0, 0.05) is 18.1 Å². The number of carbonyl (C=O) groups excluding carboxylic acids is 1. The molecule has 2 fully saturated rings. The predicted molar refractivity (Wildman–Crippen MR) is 73.4 cm³/mol. The molecule has 0 aromatic rings. The first kappa shape index (κ1) is 13.7. The van der Waals surface area contributed by atoms with Crippen LogP contribution in [0.5, 0.6) is 0 Å². The standard InChI is InChI=1S/C14H27N3O/c15-14(9-5-2-6-10-14)11-16-13(18)17-12-7-3-1-4-8-12/h12H,1-11,15H2,(H2,16,17,18). The van der Waals surface area contributed by atoms with Gasteiger partial charge in [0.15, 0.2) is 0 Å². The Morgan fingerprint density at radius 1 is 1.06 bits per heavy atom. The second-order valence-corrected chi connectivity index (χ2v) is 6.08. The molecular formula is C14H27N3O. The lowest BCUT2D eigenvalue weighted by Gasteiger charge is -2.33. The minimum atomic E-state index is -0.165. The van der Waals surface area contributed by atoms with Gasteiger partial charge in [0.05, 0.1) is 0 Å². The third kappa shape index (κ3) is 4.16. The number of nitrogens with one attached hydrogen (secondary N) is 2. The van der Waals surface area contributed by atoms with E-state index in [1.54, 1.807) is 0 Å². The van der Waals surface area contributed by atoms with Gasteiger partial charge in [0.2, 0.25) is 0 Å². The van der Waals surface area contributed by atoms with E-state index in [1.165, 1.54) is 38.5 Å². The van der Waals surface area contributed by atoms with E-state index in [4.69, 9.17) is 5.73 Å². The van der Waals surface area contributed by atoms with E-state index in [1.807, 2.05) is 0 Å². The molecule has 0 bridgehead atoms. The number of rotatable bonds is 3. The summed E-state index contributed by atoms with van der Waals surface area (Å²) in [6.45, 7) is 0.617. The molecule has 0 saturated heterocycles. The summed E-state index contributed by atoms with van der Waals surface area (Å²) in [5.41, 5.74) is 6.13. The topological polar surface area (TPSA) is 67.1 Å². The molecule has 0 radical (unpaired) electrons. The van der Waals surface area contributed by atoms with Crippen molar-refractivity contribution in [3.8, 4) is 0 Å². The van der Waals surface area contributed by atoms with Gasteiger partial charge in [-0.1, -0.05) is 38.5 Å². The van der Waals surface area contributed by atoms with Crippen molar-refractivity contribution in [1.82, 2.24) is 10.6 Å². The van der Waals surface area contributed by atoms with Gasteiger partial charge in [-0.05, 0) is 25.7 Å². The largest absolute Gasteiger partial charge is 0.336 e. The predicted octanol–water partition coefficient (Wildman–Crippen LogP) is 2.28. The highest BCUT2D eigenvalue weighted by molar-refractivity contribution is 5.74. The quantitative estimate of drug-likeness (QED) is 0.722. The molecule has 2 aliphatic carbocycles. The van der Waals surface area contributed by atoms with Crippen LogP contribution in [0.4, 0.5) is 4.79 Å². The number of amides is 2. The average Bonchev–Trinajstić information content (AvgIpc) is 2.39. The summed E-state index contributed by atoms with van der Waals surface area (Å²) in [7, 11) is 0. The zero-order valence-corrected chi connectivity index (χ0v) is 11.3. The number of carbonyl (C=O) groups is 1. The summed E-state index contributed by atoms with van der Waals surface area (Å²) in [6, 6.07) is 0.344. The fourth-order valence-electron chi connectivity index (χ4n) is 3.17. The monoisotopic (exact) mass is 253 g/mol. The minimum absolute atomic E-state index is 0.0303. The van der Waals surface area contributed by atoms with Gasteiger partial charge in [0.1, 0.15) is 0 Å². The molecule has 2 amide bonds. The maximum absolute atomic E-state index is 11.8. The first-order valence-electron chi connectivity index (χ1n) is 7.51. The van der Waals surface area contributed by atoms with E-state index < -0.39 is 0 Å². The highest BCUT2D eigenvalue weighted by atomic mass is 16.2. The Hall–Kier alpha value is -0.770. The maximum Gasteiger partial charge on any atom is 0.315 e. The second-order valence-electron chi connectivity index (χ2n) is 6.08. The molecule has 2 aliphatic rings. The molecule has 2 saturated carbocycles. The first-order chi connectivity index (χ1) is 8.68. The lowest BCUT2D eigenvalue weighted by Crippen LogP contribution is -2.54. The number of urea groups is 1. The Bertz CT molecular complexity index is 268. The molecule has 0 aliphatic heterocycles. The van der Waals surface area contributed by atoms with Gasteiger partial charge in [-0.25, -0.2) is 4.79 Å². The molecule has 2 rings (SSSR count). The molecule has 0 spiro atoms. The summed E-state index contributed by atoms with van der Waals surface area (Å²) in [5, 5.41) is 6.04. The molecule has 0 heterocycles. The Labute approximate surface area is 110 Å². The molecular weight excluding hydrogens is 226 g/mol. The van der Waals surface area contributed by atoms with Crippen molar-refractivity contribution in [3.05, 3.63) is 0 Å². The lowest BCUT2D eigenvalue weighted by atomic mass is 9.82. The molecule has 4 N–H and O–H groups in total. The van der Waals surface area contributed by atoms with Crippen LogP contribution in [0.3, 0.4) is 0 Å². The van der Waals surface area contributed by atoms with Crippen LogP contribution < -0.4 is 16.4 Å². The van der Waals surface area contributed by atoms with Gasteiger partial charge >= 0.3 is 6.03 Å². The SMILES string of the molecule is NC1(CNC(=O)NC2CCCCC2)CCCCC1. The number of hydrogen-bond acceptors (Lipinski definition) is 2. The molecule has 0 atom stereocenters. The Kier molecular flexibility index (Phi) is 4.87. The summed E-state index contributed by atoms with van der Waals surface area (Å²) < 4.78 is 0. The van der Waals surface area contributed by atoms with E-state index in [0.717, 1.165) is 25.7 Å². The fraction of sp³-hybridized carbons (Fsp3) is 0.929. The molecule has 0 unspecified atom stereocenters. The van der Waals surface area contributed by atoms with Crippen molar-refractivity contribution in [2.24, 2.45) is 5.73 Å². The van der Waals surface area contributed by atoms with Crippen LogP contribution in [-0.2, 0) is 0 Å². The normalized spacial score (nSPS) is 24.5. The van der Waals surface area contributed by atoms with E-state index in [2.05, 4.69) is 10.6 Å². The van der Waals surface area contributed by atoms with Gasteiger partial charge in [-0.2, -0.15) is 0 Å². The van der Waals surface area contributed by atoms with Crippen LogP contribution in [-0.4, -0.2) is 24.2 Å². The smallest absolute Gasteiger partial charge is 0.315 e. The zero-order valence-electron chi connectivity index (χ0n) is 11.3. The highest BCUT2D eigenvalue weighted by Crippen LogP contribution is 2.25. The highest BCUT2D eigenvalue weighted by Gasteiger charge is 2.28. The summed E-state index contributed by atoms with van der Waals surface area (Å²) in [6.07, 6.45) is 11.8. The van der Waals surface area contributed by atoms with Gasteiger partial charge in [0.25, 0.3) is 0 Å². The van der Waals surface area contributed by atoms with Crippen molar-refractivity contribution >= 4 is 6.03 Å². The van der Waals surface area contributed by atoms with Crippen LogP contribution >= 0.6 is 0 Å². The van der Waals surface area contributed by atoms with E-state index in [0.29, 0.717) is 12.6 Å². The summed E-state index contributed by atoms with van der Waals surface area (Å²) >= 11 is 0. The zero-order chi connectivity index (χ0) is 12.8. The van der Waals surface area contributed by atoms with Crippen molar-refractivity contribution in [3.63, 3.8) is 0 Å². The fourth-order valence-corrected chi connectivity index (χ4v) is 3.17. The molecule has 104 valence electrons. The van der Waals surface area contributed by atoms with Crippen molar-refractivity contribution in [2.45, 2.75) is 75.8 Å². The Balaban J connectivity index is 1.67. The van der Waals surface area contributed by atoms with Gasteiger partial charge in [-0.15, -0.1) is 0 Å². The molecule has 4 heteroatoms. The number of nitrogens with two attached hydrogens (primary N) is 1. The van der Waals surface area contributed by atoms with E-state index in [9.17, 15) is 4.79 Å². The van der Waals surface area contributed by atoms with Crippen LogP contribution in [0.2, 0.25) is 0 Å². The van der Waals surface area contributed by atoms with Crippen LogP contribution in [0.15, 0.2) is 0 Å². The first-order valence-corrected chi connectivity index (χ1v) is 7.51. The molecule has 4 nitrogen and oxygen atoms in total. The molecule has 18 heavy (non-hydrogen) atoms. The summed E-state index contributed by atoms with van der Waals surface area (Å²) in [5.74, 6) is 0. The minimum Gasteiger partial charge on any atom is -0.336 e.